The molecule has 19 heavy (non-hydrogen) atoms. The lowest BCUT2D eigenvalue weighted by Gasteiger charge is -2.13. The van der Waals surface area contributed by atoms with Crippen molar-refractivity contribution in [3.8, 4) is 12.3 Å². The van der Waals surface area contributed by atoms with E-state index in [1.165, 1.54) is 18.2 Å². The molecule has 0 spiro atoms. The number of sulfonamides is 1. The molecule has 0 bridgehead atoms. The Balaban J connectivity index is 3.16. The van der Waals surface area contributed by atoms with Crippen LogP contribution in [0.5, 0.6) is 0 Å². The molecule has 0 saturated carbocycles. The molecule has 1 atom stereocenters. The Morgan fingerprint density at radius 3 is 2.58 bits per heavy atom. The maximum Gasteiger partial charge on any atom is 0.248 e. The van der Waals surface area contributed by atoms with Gasteiger partial charge in [0.15, 0.2) is 0 Å². The van der Waals surface area contributed by atoms with Crippen molar-refractivity contribution in [3.63, 3.8) is 0 Å². The fourth-order valence-electron chi connectivity index (χ4n) is 1.43. The lowest BCUT2D eigenvalue weighted by atomic mass is 10.2. The zero-order valence-electron chi connectivity index (χ0n) is 10.4. The van der Waals surface area contributed by atoms with Crippen LogP contribution in [0.1, 0.15) is 23.7 Å². The molecule has 5 N–H and O–H groups in total. The number of nitrogens with two attached hydrogens (primary N) is 2. The molecule has 0 saturated heterocycles. The van der Waals surface area contributed by atoms with Crippen molar-refractivity contribution in [1.29, 1.82) is 0 Å². The van der Waals surface area contributed by atoms with E-state index in [2.05, 4.69) is 10.6 Å². The first-order valence-electron chi connectivity index (χ1n) is 5.49. The monoisotopic (exact) mass is 281 g/mol. The van der Waals surface area contributed by atoms with Crippen molar-refractivity contribution in [1.82, 2.24) is 4.72 Å². The summed E-state index contributed by atoms with van der Waals surface area (Å²) in [4.78, 5) is 10.8. The van der Waals surface area contributed by atoms with Crippen molar-refractivity contribution in [2.45, 2.75) is 24.3 Å². The van der Waals surface area contributed by atoms with E-state index in [-0.39, 0.29) is 16.1 Å². The van der Waals surface area contributed by atoms with Gasteiger partial charge in [0.2, 0.25) is 15.9 Å². The summed E-state index contributed by atoms with van der Waals surface area (Å²) >= 11 is 0. The summed E-state index contributed by atoms with van der Waals surface area (Å²) in [7, 11) is -3.83. The van der Waals surface area contributed by atoms with Gasteiger partial charge in [-0.05, 0) is 24.6 Å². The van der Waals surface area contributed by atoms with Gasteiger partial charge in [-0.1, -0.05) is 12.8 Å². The van der Waals surface area contributed by atoms with E-state index in [4.69, 9.17) is 17.9 Å². The number of benzene rings is 1. The SMILES string of the molecule is C#CC(CC)NS(=O)(=O)c1ccc(C(N)=O)cc1N. The number of terminal acetylenes is 1. The molecule has 0 heterocycles. The summed E-state index contributed by atoms with van der Waals surface area (Å²) in [6.07, 6.45) is 5.65. The normalized spacial score (nSPS) is 12.6. The smallest absolute Gasteiger partial charge is 0.248 e. The zero-order valence-corrected chi connectivity index (χ0v) is 11.2. The highest BCUT2D eigenvalue weighted by Gasteiger charge is 2.21. The maximum absolute atomic E-state index is 12.1. The predicted octanol–water partition coefficient (Wildman–Crippen LogP) is 0.0578. The first-order chi connectivity index (χ1) is 8.81. The molecule has 0 aliphatic rings. The number of amides is 1. The van der Waals surface area contributed by atoms with Gasteiger partial charge in [0.1, 0.15) is 4.90 Å². The van der Waals surface area contributed by atoms with Crippen LogP contribution >= 0.6 is 0 Å². The molecular formula is C12H15N3O3S. The van der Waals surface area contributed by atoms with E-state index in [0.717, 1.165) is 0 Å². The first-order valence-corrected chi connectivity index (χ1v) is 6.98. The van der Waals surface area contributed by atoms with Gasteiger partial charge in [0.05, 0.1) is 11.7 Å². The largest absolute Gasteiger partial charge is 0.398 e. The van der Waals surface area contributed by atoms with Crippen molar-refractivity contribution >= 4 is 21.6 Å². The molecule has 102 valence electrons. The Hall–Kier alpha value is -2.04. The second-order valence-electron chi connectivity index (χ2n) is 3.87. The number of hydrogen-bond donors (Lipinski definition) is 3. The standard InChI is InChI=1S/C12H15N3O3S/c1-3-9(4-2)15-19(17,18)11-6-5-8(12(14)16)7-10(11)13/h1,5-7,9,15H,4,13H2,2H3,(H2,14,16). The summed E-state index contributed by atoms with van der Waals surface area (Å²) in [5.41, 5.74) is 10.8. The third-order valence-corrected chi connectivity index (χ3v) is 4.04. The Labute approximate surface area is 112 Å². The van der Waals surface area contributed by atoms with E-state index >= 15 is 0 Å². The third-order valence-electron chi connectivity index (χ3n) is 2.49. The molecule has 7 heteroatoms. The molecule has 0 radical (unpaired) electrons. The van der Waals surface area contributed by atoms with E-state index < -0.39 is 22.0 Å². The van der Waals surface area contributed by atoms with Crippen molar-refractivity contribution in [2.75, 3.05) is 5.73 Å². The van der Waals surface area contributed by atoms with Crippen LogP contribution in [0.25, 0.3) is 0 Å². The first kappa shape index (κ1) is 15.0. The van der Waals surface area contributed by atoms with Gasteiger partial charge in [-0.25, -0.2) is 8.42 Å². The van der Waals surface area contributed by atoms with Crippen LogP contribution in [0.4, 0.5) is 5.69 Å². The molecule has 6 nitrogen and oxygen atoms in total. The van der Waals surface area contributed by atoms with Crippen LogP contribution in [0.15, 0.2) is 23.1 Å². The molecule has 1 aromatic carbocycles. The van der Waals surface area contributed by atoms with Crippen LogP contribution in [0, 0.1) is 12.3 Å². The predicted molar refractivity (Wildman–Crippen MR) is 72.6 cm³/mol. The Kier molecular flexibility index (Phi) is 4.53. The van der Waals surface area contributed by atoms with Gasteiger partial charge in [0.25, 0.3) is 0 Å². The fourth-order valence-corrected chi connectivity index (χ4v) is 2.79. The third kappa shape index (κ3) is 3.47. The number of carbonyl (C=O) groups excluding carboxylic acids is 1. The highest BCUT2D eigenvalue weighted by atomic mass is 32.2. The number of rotatable bonds is 5. The maximum atomic E-state index is 12.1. The molecule has 0 aliphatic heterocycles. The summed E-state index contributed by atoms with van der Waals surface area (Å²) in [6, 6.07) is 3.12. The minimum Gasteiger partial charge on any atom is -0.398 e. The molecule has 1 amide bonds. The molecule has 1 unspecified atom stereocenters. The number of nitrogens with one attached hydrogen (secondary N) is 1. The number of anilines is 1. The second kappa shape index (κ2) is 5.73. The topological polar surface area (TPSA) is 115 Å². The molecule has 0 fully saturated rings. The Morgan fingerprint density at radius 2 is 2.16 bits per heavy atom. The van der Waals surface area contributed by atoms with Crippen LogP contribution in [-0.2, 0) is 10.0 Å². The van der Waals surface area contributed by atoms with Crippen LogP contribution in [0.2, 0.25) is 0 Å². The van der Waals surface area contributed by atoms with Crippen molar-refractivity contribution in [3.05, 3.63) is 23.8 Å². The minimum atomic E-state index is -3.83. The minimum absolute atomic E-state index is 0.0596. The second-order valence-corrected chi connectivity index (χ2v) is 5.55. The van der Waals surface area contributed by atoms with Crippen molar-refractivity contribution in [2.24, 2.45) is 5.73 Å². The van der Waals surface area contributed by atoms with Gasteiger partial charge in [-0.15, -0.1) is 6.42 Å². The average Bonchev–Trinajstić information content (AvgIpc) is 2.35. The van der Waals surface area contributed by atoms with E-state index in [1.807, 2.05) is 0 Å². The zero-order chi connectivity index (χ0) is 14.6. The van der Waals surface area contributed by atoms with E-state index in [0.29, 0.717) is 6.42 Å². The van der Waals surface area contributed by atoms with Crippen LogP contribution in [0.3, 0.4) is 0 Å². The van der Waals surface area contributed by atoms with E-state index in [9.17, 15) is 13.2 Å². The van der Waals surface area contributed by atoms with Crippen LogP contribution in [-0.4, -0.2) is 20.4 Å². The number of nitrogen functional groups attached to an aromatic ring is 1. The number of primary amides is 1. The van der Waals surface area contributed by atoms with Gasteiger partial charge >= 0.3 is 0 Å². The highest BCUT2D eigenvalue weighted by molar-refractivity contribution is 7.89. The Bertz CT molecular complexity index is 632. The summed E-state index contributed by atoms with van der Waals surface area (Å²) in [5.74, 6) is 1.64. The summed E-state index contributed by atoms with van der Waals surface area (Å²) in [5, 5.41) is 0. The lowest BCUT2D eigenvalue weighted by Crippen LogP contribution is -2.33. The van der Waals surface area contributed by atoms with Gasteiger partial charge in [-0.3, -0.25) is 4.79 Å². The summed E-state index contributed by atoms with van der Waals surface area (Å²) < 4.78 is 26.5. The molecule has 1 rings (SSSR count). The lowest BCUT2D eigenvalue weighted by molar-refractivity contribution is 0.1000. The molecule has 0 aliphatic carbocycles. The van der Waals surface area contributed by atoms with E-state index in [1.54, 1.807) is 6.92 Å². The Morgan fingerprint density at radius 1 is 1.53 bits per heavy atom. The number of carbonyl (C=O) groups is 1. The summed E-state index contributed by atoms with van der Waals surface area (Å²) in [6.45, 7) is 1.76. The van der Waals surface area contributed by atoms with Gasteiger partial charge in [0, 0.05) is 5.56 Å². The molecule has 0 aromatic heterocycles. The van der Waals surface area contributed by atoms with Crippen molar-refractivity contribution < 1.29 is 13.2 Å². The fraction of sp³-hybridized carbons (Fsp3) is 0.250. The average molecular weight is 281 g/mol. The molecular weight excluding hydrogens is 266 g/mol. The van der Waals surface area contributed by atoms with Gasteiger partial charge < -0.3 is 11.5 Å². The molecule has 1 aromatic rings. The van der Waals surface area contributed by atoms with Crippen LogP contribution < -0.4 is 16.2 Å². The van der Waals surface area contributed by atoms with Gasteiger partial charge in [-0.2, -0.15) is 4.72 Å². The highest BCUT2D eigenvalue weighted by Crippen LogP contribution is 2.20. The number of hydrogen-bond acceptors (Lipinski definition) is 4. The quantitative estimate of drug-likeness (QED) is 0.522.